The second-order valence-corrected chi connectivity index (χ2v) is 8.13. The third kappa shape index (κ3) is 3.08. The molecule has 3 N–H and O–H groups in total. The summed E-state index contributed by atoms with van der Waals surface area (Å²) in [5.41, 5.74) is 0.959. The van der Waals surface area contributed by atoms with Crippen molar-refractivity contribution >= 4 is 17.4 Å². The van der Waals surface area contributed by atoms with Gasteiger partial charge in [0.1, 0.15) is 11.4 Å². The summed E-state index contributed by atoms with van der Waals surface area (Å²) in [6.07, 6.45) is 3.52. The van der Waals surface area contributed by atoms with Crippen LogP contribution in [0.5, 0.6) is 5.75 Å². The third-order valence-electron chi connectivity index (χ3n) is 6.79. The average molecular weight is 400 g/mol. The molecule has 2 saturated heterocycles. The van der Waals surface area contributed by atoms with Crippen LogP contribution in [0.3, 0.4) is 0 Å². The number of aliphatic imine (C=N–C) groups is 1. The SMILES string of the molecule is CC[C@@H]1CN2CC[C@@]3(O)C(=Nc4cccc(O)c43)[C@@H]2C[C@@H]1/C(=C\CO)C(=O)OC. The van der Waals surface area contributed by atoms with Gasteiger partial charge in [-0.25, -0.2) is 4.79 Å². The van der Waals surface area contributed by atoms with Crippen LogP contribution < -0.4 is 0 Å². The topological polar surface area (TPSA) is 103 Å². The third-order valence-corrected chi connectivity index (χ3v) is 6.79. The molecule has 156 valence electrons. The van der Waals surface area contributed by atoms with Crippen LogP contribution in [0.15, 0.2) is 34.8 Å². The number of nitrogens with zero attached hydrogens (tertiary/aromatic N) is 2. The molecule has 0 bridgehead atoms. The molecule has 0 saturated carbocycles. The van der Waals surface area contributed by atoms with E-state index in [0.717, 1.165) is 13.0 Å². The first-order valence-electron chi connectivity index (χ1n) is 10.2. The lowest BCUT2D eigenvalue weighted by Crippen LogP contribution is -2.60. The number of aliphatic hydroxyl groups excluding tert-OH is 1. The molecule has 0 aromatic heterocycles. The molecule has 0 spiro atoms. The maximum Gasteiger partial charge on any atom is 0.333 e. The molecule has 4 atom stereocenters. The Balaban J connectivity index is 1.72. The Labute approximate surface area is 170 Å². The van der Waals surface area contributed by atoms with E-state index in [2.05, 4.69) is 11.8 Å². The first-order valence-corrected chi connectivity index (χ1v) is 10.2. The zero-order valence-corrected chi connectivity index (χ0v) is 16.8. The standard InChI is InChI=1S/C22H28N2O5/c1-3-13-12-24-9-8-22(28)19-16(5-4-6-18(19)26)23-20(22)17(24)11-15(13)14(7-10-25)21(27)29-2/h4-7,13,15,17,25-26,28H,3,8-12H2,1-2H3/b14-7+/t13-,15+,17+,22+/m1/s1. The molecular weight excluding hydrogens is 372 g/mol. The van der Waals surface area contributed by atoms with Gasteiger partial charge in [0, 0.05) is 18.7 Å². The van der Waals surface area contributed by atoms with Crippen LogP contribution in [0, 0.1) is 11.8 Å². The van der Waals surface area contributed by atoms with Crippen molar-refractivity contribution in [2.75, 3.05) is 26.8 Å². The van der Waals surface area contributed by atoms with E-state index in [-0.39, 0.29) is 30.2 Å². The molecule has 29 heavy (non-hydrogen) atoms. The fourth-order valence-corrected chi connectivity index (χ4v) is 5.37. The Kier molecular flexibility index (Phi) is 5.23. The molecule has 3 aliphatic rings. The van der Waals surface area contributed by atoms with Crippen molar-refractivity contribution in [1.29, 1.82) is 0 Å². The number of aliphatic hydroxyl groups is 2. The summed E-state index contributed by atoms with van der Waals surface area (Å²) in [4.78, 5) is 19.5. The lowest BCUT2D eigenvalue weighted by molar-refractivity contribution is -0.137. The summed E-state index contributed by atoms with van der Waals surface area (Å²) in [6, 6.07) is 4.98. The summed E-state index contributed by atoms with van der Waals surface area (Å²) in [5.74, 6) is -0.210. The second-order valence-electron chi connectivity index (χ2n) is 8.13. The number of phenols is 1. The Morgan fingerprint density at radius 3 is 2.93 bits per heavy atom. The number of carbonyl (C=O) groups is 1. The van der Waals surface area contributed by atoms with Gasteiger partial charge in [0.25, 0.3) is 0 Å². The number of carbonyl (C=O) groups excluding carboxylic acids is 1. The number of hydrogen-bond acceptors (Lipinski definition) is 7. The van der Waals surface area contributed by atoms with Crippen molar-refractivity contribution in [3.05, 3.63) is 35.4 Å². The van der Waals surface area contributed by atoms with E-state index in [1.807, 2.05) is 6.07 Å². The number of benzene rings is 1. The smallest absolute Gasteiger partial charge is 0.333 e. The van der Waals surface area contributed by atoms with E-state index in [1.165, 1.54) is 7.11 Å². The molecule has 0 unspecified atom stereocenters. The highest BCUT2D eigenvalue weighted by molar-refractivity contribution is 6.05. The number of ether oxygens (including phenoxy) is 1. The van der Waals surface area contributed by atoms with Crippen LogP contribution in [-0.2, 0) is 15.1 Å². The van der Waals surface area contributed by atoms with E-state index in [9.17, 15) is 20.1 Å². The molecule has 2 fully saturated rings. The van der Waals surface area contributed by atoms with Crippen LogP contribution >= 0.6 is 0 Å². The van der Waals surface area contributed by atoms with Gasteiger partial charge < -0.3 is 20.1 Å². The number of rotatable bonds is 4. The fourth-order valence-electron chi connectivity index (χ4n) is 5.37. The zero-order valence-electron chi connectivity index (χ0n) is 16.8. The van der Waals surface area contributed by atoms with Gasteiger partial charge in [0.15, 0.2) is 0 Å². The van der Waals surface area contributed by atoms with Crippen molar-refractivity contribution < 1.29 is 24.9 Å². The van der Waals surface area contributed by atoms with E-state index >= 15 is 0 Å². The van der Waals surface area contributed by atoms with E-state index in [0.29, 0.717) is 41.9 Å². The number of phenolic OH excluding ortho intramolecular Hbond substituents is 1. The summed E-state index contributed by atoms with van der Waals surface area (Å²) in [7, 11) is 1.35. The highest BCUT2D eigenvalue weighted by atomic mass is 16.5. The van der Waals surface area contributed by atoms with Crippen LogP contribution in [0.25, 0.3) is 0 Å². The highest BCUT2D eigenvalue weighted by Gasteiger charge is 2.54. The lowest BCUT2D eigenvalue weighted by Gasteiger charge is -2.50. The highest BCUT2D eigenvalue weighted by Crippen LogP contribution is 2.51. The van der Waals surface area contributed by atoms with Crippen molar-refractivity contribution in [1.82, 2.24) is 4.90 Å². The van der Waals surface area contributed by atoms with Gasteiger partial charge in [-0.3, -0.25) is 9.89 Å². The minimum absolute atomic E-state index is 0.0615. The summed E-state index contributed by atoms with van der Waals surface area (Å²) >= 11 is 0. The number of esters is 1. The monoisotopic (exact) mass is 400 g/mol. The van der Waals surface area contributed by atoms with Crippen LogP contribution in [0.2, 0.25) is 0 Å². The van der Waals surface area contributed by atoms with Gasteiger partial charge in [-0.2, -0.15) is 0 Å². The van der Waals surface area contributed by atoms with Crippen molar-refractivity contribution in [3.63, 3.8) is 0 Å². The van der Waals surface area contributed by atoms with Crippen molar-refractivity contribution in [2.45, 2.75) is 37.8 Å². The summed E-state index contributed by atoms with van der Waals surface area (Å²) in [5, 5.41) is 31.4. The van der Waals surface area contributed by atoms with Crippen LogP contribution in [0.1, 0.15) is 31.7 Å². The lowest BCUT2D eigenvalue weighted by atomic mass is 9.70. The normalized spacial score (nSPS) is 31.5. The van der Waals surface area contributed by atoms with Crippen molar-refractivity contribution in [2.24, 2.45) is 16.8 Å². The Bertz CT molecular complexity index is 880. The van der Waals surface area contributed by atoms with E-state index < -0.39 is 11.6 Å². The predicted octanol–water partition coefficient (Wildman–Crippen LogP) is 1.88. The number of methoxy groups -OCH3 is 1. The van der Waals surface area contributed by atoms with Gasteiger partial charge in [-0.15, -0.1) is 0 Å². The molecule has 1 aromatic carbocycles. The predicted molar refractivity (Wildman–Crippen MR) is 108 cm³/mol. The first kappa shape index (κ1) is 20.1. The minimum atomic E-state index is -1.28. The molecule has 1 aromatic rings. The molecule has 3 heterocycles. The molecule has 7 nitrogen and oxygen atoms in total. The Morgan fingerprint density at radius 2 is 2.24 bits per heavy atom. The number of fused-ring (bicyclic) bond motifs is 5. The van der Waals surface area contributed by atoms with Gasteiger partial charge in [-0.1, -0.05) is 19.4 Å². The fraction of sp³-hybridized carbons (Fsp3) is 0.545. The molecule has 4 rings (SSSR count). The summed E-state index contributed by atoms with van der Waals surface area (Å²) in [6.45, 7) is 3.35. The maximum absolute atomic E-state index is 12.4. The first-order chi connectivity index (χ1) is 13.9. The quantitative estimate of drug-likeness (QED) is 0.527. The molecule has 0 radical (unpaired) electrons. The van der Waals surface area contributed by atoms with E-state index in [4.69, 9.17) is 9.73 Å². The average Bonchev–Trinajstić information content (AvgIpc) is 3.04. The van der Waals surface area contributed by atoms with E-state index in [1.54, 1.807) is 18.2 Å². The van der Waals surface area contributed by atoms with Crippen molar-refractivity contribution in [3.8, 4) is 5.75 Å². The second kappa shape index (κ2) is 7.55. The molecule has 0 aliphatic carbocycles. The Morgan fingerprint density at radius 1 is 1.45 bits per heavy atom. The van der Waals surface area contributed by atoms with Gasteiger partial charge in [0.05, 0.1) is 36.7 Å². The number of aromatic hydroxyl groups is 1. The number of piperidine rings is 2. The maximum atomic E-state index is 12.4. The zero-order chi connectivity index (χ0) is 20.8. The van der Waals surface area contributed by atoms with Gasteiger partial charge in [-0.05, 0) is 42.9 Å². The Hall–Kier alpha value is -2.22. The van der Waals surface area contributed by atoms with Crippen LogP contribution in [0.4, 0.5) is 5.69 Å². The largest absolute Gasteiger partial charge is 0.507 e. The molecule has 3 aliphatic heterocycles. The minimum Gasteiger partial charge on any atom is -0.507 e. The number of hydrogen-bond donors (Lipinski definition) is 3. The summed E-state index contributed by atoms with van der Waals surface area (Å²) < 4.78 is 4.98. The molecular formula is C22H28N2O5. The van der Waals surface area contributed by atoms with Gasteiger partial charge >= 0.3 is 5.97 Å². The van der Waals surface area contributed by atoms with Gasteiger partial charge in [0.2, 0.25) is 0 Å². The molecule has 0 amide bonds. The molecule has 7 heteroatoms. The van der Waals surface area contributed by atoms with Crippen LogP contribution in [-0.4, -0.2) is 64.7 Å².